The van der Waals surface area contributed by atoms with Crippen molar-refractivity contribution < 1.29 is 9.53 Å². The third-order valence-corrected chi connectivity index (χ3v) is 0.370. The van der Waals surface area contributed by atoms with Gasteiger partial charge in [0.05, 0.1) is 6.26 Å². The summed E-state index contributed by atoms with van der Waals surface area (Å²) in [7, 11) is 0. The van der Waals surface area contributed by atoms with Crippen molar-refractivity contribution in [2.45, 2.75) is 13.8 Å². The number of allylic oxidation sites excluding steroid dienone is 1. The highest BCUT2D eigenvalue weighted by molar-refractivity contribution is 5.75. The van der Waals surface area contributed by atoms with E-state index in [2.05, 4.69) is 4.74 Å². The van der Waals surface area contributed by atoms with Gasteiger partial charge in [-0.3, -0.25) is 4.79 Å². The van der Waals surface area contributed by atoms with Gasteiger partial charge in [0, 0.05) is 6.92 Å². The van der Waals surface area contributed by atoms with Gasteiger partial charge in [0.2, 0.25) is 0 Å². The second kappa shape index (κ2) is 6.43. The van der Waals surface area contributed by atoms with E-state index >= 15 is 0 Å². The Hall–Kier alpha value is -0.573. The SMILES string of the molecule is CC=COC(C)=O.[SiH4]. The van der Waals surface area contributed by atoms with E-state index in [1.807, 2.05) is 0 Å². The maximum atomic E-state index is 9.93. The minimum atomic E-state index is -0.280. The molecule has 0 amide bonds. The van der Waals surface area contributed by atoms with Crippen LogP contribution in [-0.4, -0.2) is 16.9 Å². The first-order valence-electron chi connectivity index (χ1n) is 2.05. The highest BCUT2D eigenvalue weighted by Gasteiger charge is 1.80. The van der Waals surface area contributed by atoms with Crippen molar-refractivity contribution in [2.24, 2.45) is 0 Å². The Morgan fingerprint density at radius 2 is 2.12 bits per heavy atom. The molecule has 0 atom stereocenters. The van der Waals surface area contributed by atoms with E-state index in [0.717, 1.165) is 0 Å². The van der Waals surface area contributed by atoms with Crippen LogP contribution < -0.4 is 0 Å². The van der Waals surface area contributed by atoms with Crippen molar-refractivity contribution in [3.05, 3.63) is 12.3 Å². The molecule has 0 rings (SSSR count). The summed E-state index contributed by atoms with van der Waals surface area (Å²) in [5, 5.41) is 0. The molecule has 0 aromatic heterocycles. The van der Waals surface area contributed by atoms with Gasteiger partial charge >= 0.3 is 5.97 Å². The van der Waals surface area contributed by atoms with Crippen LogP contribution in [0.15, 0.2) is 12.3 Å². The first-order valence-corrected chi connectivity index (χ1v) is 2.05. The van der Waals surface area contributed by atoms with Crippen LogP contribution >= 0.6 is 0 Å². The number of carbonyl (C=O) groups is 1. The van der Waals surface area contributed by atoms with Crippen LogP contribution in [0.1, 0.15) is 13.8 Å². The molecular weight excluding hydrogens is 120 g/mol. The van der Waals surface area contributed by atoms with Gasteiger partial charge in [-0.1, -0.05) is 6.08 Å². The molecule has 0 saturated heterocycles. The van der Waals surface area contributed by atoms with E-state index < -0.39 is 0 Å². The zero-order valence-corrected chi connectivity index (χ0v) is 4.47. The van der Waals surface area contributed by atoms with Crippen molar-refractivity contribution in [3.8, 4) is 0 Å². The second-order valence-electron chi connectivity index (χ2n) is 1.08. The summed E-state index contributed by atoms with van der Waals surface area (Å²) in [5.74, 6) is -0.280. The Morgan fingerprint density at radius 3 is 2.25 bits per heavy atom. The van der Waals surface area contributed by atoms with Crippen LogP contribution in [0.5, 0.6) is 0 Å². The van der Waals surface area contributed by atoms with E-state index in [0.29, 0.717) is 0 Å². The van der Waals surface area contributed by atoms with E-state index in [9.17, 15) is 4.79 Å². The fourth-order valence-electron chi connectivity index (χ4n) is 0.164. The first kappa shape index (κ1) is 10.4. The molecule has 0 aliphatic rings. The van der Waals surface area contributed by atoms with Crippen LogP contribution in [0, 0.1) is 0 Å². The van der Waals surface area contributed by atoms with Crippen LogP contribution in [0.3, 0.4) is 0 Å². The number of hydrogen-bond donors (Lipinski definition) is 0. The first-order chi connectivity index (χ1) is 3.27. The van der Waals surface area contributed by atoms with Crippen molar-refractivity contribution in [3.63, 3.8) is 0 Å². The molecule has 8 heavy (non-hydrogen) atoms. The van der Waals surface area contributed by atoms with Crippen molar-refractivity contribution >= 4 is 16.9 Å². The van der Waals surface area contributed by atoms with Gasteiger partial charge in [-0.25, -0.2) is 0 Å². The van der Waals surface area contributed by atoms with Crippen molar-refractivity contribution in [1.29, 1.82) is 0 Å². The average Bonchev–Trinajstić information content (AvgIpc) is 1.61. The lowest BCUT2D eigenvalue weighted by molar-refractivity contribution is -0.135. The van der Waals surface area contributed by atoms with Gasteiger partial charge in [0.15, 0.2) is 0 Å². The Labute approximate surface area is 53.6 Å². The molecule has 0 bridgehead atoms. The fourth-order valence-corrected chi connectivity index (χ4v) is 0.164. The Morgan fingerprint density at radius 1 is 1.62 bits per heavy atom. The van der Waals surface area contributed by atoms with E-state index in [-0.39, 0.29) is 16.9 Å². The minimum Gasteiger partial charge on any atom is -0.435 e. The second-order valence-corrected chi connectivity index (χ2v) is 1.08. The average molecular weight is 132 g/mol. The van der Waals surface area contributed by atoms with Crippen LogP contribution in [0.25, 0.3) is 0 Å². The minimum absolute atomic E-state index is 0. The summed E-state index contributed by atoms with van der Waals surface area (Å²) in [6.07, 6.45) is 3.00. The summed E-state index contributed by atoms with van der Waals surface area (Å²) in [6, 6.07) is 0. The maximum Gasteiger partial charge on any atom is 0.307 e. The van der Waals surface area contributed by atoms with Crippen LogP contribution in [-0.2, 0) is 9.53 Å². The Bertz CT molecular complexity index is 88.4. The number of rotatable bonds is 1. The third-order valence-electron chi connectivity index (χ3n) is 0.370. The maximum absolute atomic E-state index is 9.93. The van der Waals surface area contributed by atoms with Crippen molar-refractivity contribution in [2.75, 3.05) is 0 Å². The molecule has 0 heterocycles. The molecule has 0 aromatic carbocycles. The Balaban J connectivity index is 0. The lowest BCUT2D eigenvalue weighted by Gasteiger charge is -1.85. The molecule has 0 spiro atoms. The normalized spacial score (nSPS) is 8.25. The number of hydrogen-bond acceptors (Lipinski definition) is 2. The summed E-state index contributed by atoms with van der Waals surface area (Å²) < 4.78 is 4.37. The fraction of sp³-hybridized carbons (Fsp3) is 0.400. The van der Waals surface area contributed by atoms with Gasteiger partial charge in [0.1, 0.15) is 0 Å². The van der Waals surface area contributed by atoms with Crippen molar-refractivity contribution in [1.82, 2.24) is 0 Å². The van der Waals surface area contributed by atoms with E-state index in [1.54, 1.807) is 13.0 Å². The predicted molar refractivity (Wildman–Crippen MR) is 37.9 cm³/mol. The standard InChI is InChI=1S/C5H8O2.H4Si/c1-3-4-7-5(2)6;/h3-4H,1-2H3;1H4. The molecule has 3 heteroatoms. The number of esters is 1. The lowest BCUT2D eigenvalue weighted by atomic mass is 10.7. The van der Waals surface area contributed by atoms with Crippen LogP contribution in [0.4, 0.5) is 0 Å². The van der Waals surface area contributed by atoms with Gasteiger partial charge in [0.25, 0.3) is 0 Å². The van der Waals surface area contributed by atoms with E-state index in [1.165, 1.54) is 13.2 Å². The molecule has 0 unspecified atom stereocenters. The highest BCUT2D eigenvalue weighted by Crippen LogP contribution is 1.75. The van der Waals surface area contributed by atoms with E-state index in [4.69, 9.17) is 0 Å². The summed E-state index contributed by atoms with van der Waals surface area (Å²) in [5.41, 5.74) is 0. The van der Waals surface area contributed by atoms with Gasteiger partial charge in [-0.15, -0.1) is 0 Å². The third kappa shape index (κ3) is 9.06. The summed E-state index contributed by atoms with van der Waals surface area (Å²) >= 11 is 0. The molecule has 0 N–H and O–H groups in total. The molecule has 48 valence electrons. The topological polar surface area (TPSA) is 26.3 Å². The van der Waals surface area contributed by atoms with Crippen LogP contribution in [0.2, 0.25) is 0 Å². The lowest BCUT2D eigenvalue weighted by Crippen LogP contribution is -1.88. The quantitative estimate of drug-likeness (QED) is 0.276. The number of ether oxygens (including phenoxy) is 1. The van der Waals surface area contributed by atoms with Gasteiger partial charge < -0.3 is 4.74 Å². The monoisotopic (exact) mass is 132 g/mol. The number of carbonyl (C=O) groups excluding carboxylic acids is 1. The smallest absolute Gasteiger partial charge is 0.307 e. The highest BCUT2D eigenvalue weighted by atomic mass is 28.1. The molecule has 2 nitrogen and oxygen atoms in total. The Kier molecular flexibility index (Phi) is 8.37. The summed E-state index contributed by atoms with van der Waals surface area (Å²) in [4.78, 5) is 9.93. The zero-order chi connectivity index (χ0) is 5.70. The molecule has 0 saturated carbocycles. The molecule has 0 aromatic rings. The molecular formula is C5H12O2Si. The largest absolute Gasteiger partial charge is 0.435 e. The molecule has 0 fully saturated rings. The zero-order valence-electron chi connectivity index (χ0n) is 4.47. The predicted octanol–water partition coefficient (Wildman–Crippen LogP) is -0.369. The summed E-state index contributed by atoms with van der Waals surface area (Å²) in [6.45, 7) is 3.14. The molecule has 0 aliphatic heterocycles. The van der Waals surface area contributed by atoms with Gasteiger partial charge in [-0.05, 0) is 17.9 Å². The molecule has 0 radical (unpaired) electrons. The van der Waals surface area contributed by atoms with Gasteiger partial charge in [-0.2, -0.15) is 0 Å². The molecule has 0 aliphatic carbocycles.